The number of rotatable bonds is 2. The number of halogens is 3. The molecule has 0 aliphatic carbocycles. The number of H-pyrrole nitrogens is 1. The van der Waals surface area contributed by atoms with E-state index in [9.17, 15) is 13.6 Å². The van der Waals surface area contributed by atoms with Crippen LogP contribution < -0.4 is 0 Å². The van der Waals surface area contributed by atoms with Crippen molar-refractivity contribution in [2.45, 2.75) is 0 Å². The van der Waals surface area contributed by atoms with Gasteiger partial charge in [-0.05, 0) is 52.9 Å². The van der Waals surface area contributed by atoms with Gasteiger partial charge in [-0.2, -0.15) is 0 Å². The van der Waals surface area contributed by atoms with Crippen molar-refractivity contribution < 1.29 is 13.6 Å². The van der Waals surface area contributed by atoms with Crippen LogP contribution in [0.3, 0.4) is 0 Å². The number of hydrogen-bond donors (Lipinski definition) is 1. The Morgan fingerprint density at radius 3 is 2.65 bits per heavy atom. The minimum absolute atomic E-state index is 0.252. The van der Waals surface area contributed by atoms with Gasteiger partial charge in [-0.15, -0.1) is 0 Å². The normalized spacial score (nSPS) is 10.9. The standard InChI is InChI=1S/C15H8F2INO/c16-8-4-5-9(12(18)6-8)15(20)10-7-19-13-3-1-2-11(17)14(10)13/h1-7,19H. The van der Waals surface area contributed by atoms with Crippen molar-refractivity contribution >= 4 is 39.3 Å². The number of nitrogens with one attached hydrogen (secondary N) is 1. The largest absolute Gasteiger partial charge is 0.360 e. The van der Waals surface area contributed by atoms with Gasteiger partial charge in [-0.3, -0.25) is 4.79 Å². The van der Waals surface area contributed by atoms with Gasteiger partial charge in [0, 0.05) is 26.2 Å². The van der Waals surface area contributed by atoms with Crippen LogP contribution in [0.4, 0.5) is 8.78 Å². The van der Waals surface area contributed by atoms with Crippen molar-refractivity contribution in [3.8, 4) is 0 Å². The first-order valence-corrected chi connectivity index (χ1v) is 6.91. The first kappa shape index (κ1) is 13.2. The molecule has 2 nitrogen and oxygen atoms in total. The average Bonchev–Trinajstić information content (AvgIpc) is 2.83. The second kappa shape index (κ2) is 4.97. The summed E-state index contributed by atoms with van der Waals surface area (Å²) in [6.45, 7) is 0. The van der Waals surface area contributed by atoms with E-state index in [1.807, 2.05) is 22.6 Å². The van der Waals surface area contributed by atoms with Gasteiger partial charge in [0.2, 0.25) is 0 Å². The van der Waals surface area contributed by atoms with Crippen molar-refractivity contribution in [2.24, 2.45) is 0 Å². The highest BCUT2D eigenvalue weighted by Gasteiger charge is 2.19. The molecule has 0 unspecified atom stereocenters. The van der Waals surface area contributed by atoms with Crippen LogP contribution in [0, 0.1) is 15.2 Å². The van der Waals surface area contributed by atoms with E-state index in [1.54, 1.807) is 12.1 Å². The topological polar surface area (TPSA) is 32.9 Å². The molecule has 0 saturated heterocycles. The Balaban J connectivity index is 2.18. The summed E-state index contributed by atoms with van der Waals surface area (Å²) >= 11 is 1.89. The molecule has 100 valence electrons. The van der Waals surface area contributed by atoms with E-state index in [0.29, 0.717) is 14.7 Å². The van der Waals surface area contributed by atoms with Crippen molar-refractivity contribution in [2.75, 3.05) is 0 Å². The van der Waals surface area contributed by atoms with Crippen molar-refractivity contribution in [1.82, 2.24) is 4.98 Å². The van der Waals surface area contributed by atoms with Gasteiger partial charge in [-0.25, -0.2) is 8.78 Å². The van der Waals surface area contributed by atoms with Crippen LogP contribution in [0.25, 0.3) is 10.9 Å². The fourth-order valence-corrected chi connectivity index (χ4v) is 2.86. The molecule has 1 aromatic heterocycles. The zero-order chi connectivity index (χ0) is 14.3. The molecule has 0 fully saturated rings. The number of carbonyl (C=O) groups excluding carboxylic acids is 1. The number of hydrogen-bond acceptors (Lipinski definition) is 1. The number of aromatic nitrogens is 1. The molecule has 3 rings (SSSR count). The number of carbonyl (C=O) groups is 1. The Hall–Kier alpha value is -1.76. The maximum atomic E-state index is 13.9. The van der Waals surface area contributed by atoms with Crippen LogP contribution in [0.5, 0.6) is 0 Å². The molecule has 3 aromatic rings. The minimum Gasteiger partial charge on any atom is -0.360 e. The molecular weight excluding hydrogens is 375 g/mol. The number of aromatic amines is 1. The summed E-state index contributed by atoms with van der Waals surface area (Å²) < 4.78 is 27.5. The Morgan fingerprint density at radius 1 is 1.10 bits per heavy atom. The summed E-state index contributed by atoms with van der Waals surface area (Å²) in [4.78, 5) is 15.4. The summed E-state index contributed by atoms with van der Waals surface area (Å²) in [5.41, 5.74) is 1.17. The van der Waals surface area contributed by atoms with Crippen LogP contribution in [0.2, 0.25) is 0 Å². The first-order valence-electron chi connectivity index (χ1n) is 5.83. The van der Waals surface area contributed by atoms with E-state index in [1.165, 1.54) is 30.5 Å². The SMILES string of the molecule is O=C(c1ccc(F)cc1I)c1c[nH]c2cccc(F)c12. The molecule has 0 saturated carbocycles. The Labute approximate surface area is 126 Å². The molecule has 2 aromatic carbocycles. The number of ketones is 1. The molecule has 0 amide bonds. The molecule has 0 aliphatic heterocycles. The number of benzene rings is 2. The van der Waals surface area contributed by atoms with Crippen LogP contribution in [-0.2, 0) is 0 Å². The molecule has 1 N–H and O–H groups in total. The van der Waals surface area contributed by atoms with Gasteiger partial charge in [-0.1, -0.05) is 6.07 Å². The first-order chi connectivity index (χ1) is 9.58. The maximum absolute atomic E-state index is 13.9. The summed E-state index contributed by atoms with van der Waals surface area (Å²) in [5.74, 6) is -1.19. The third kappa shape index (κ3) is 2.11. The fraction of sp³-hybridized carbons (Fsp3) is 0. The summed E-state index contributed by atoms with van der Waals surface area (Å²) in [5, 5.41) is 0.262. The third-order valence-corrected chi connectivity index (χ3v) is 3.97. The summed E-state index contributed by atoms with van der Waals surface area (Å²) in [6, 6.07) is 8.50. The maximum Gasteiger partial charge on any atom is 0.196 e. The lowest BCUT2D eigenvalue weighted by atomic mass is 10.0. The predicted octanol–water partition coefficient (Wildman–Crippen LogP) is 4.28. The third-order valence-electron chi connectivity index (χ3n) is 3.08. The van der Waals surface area contributed by atoms with E-state index >= 15 is 0 Å². The highest BCUT2D eigenvalue weighted by molar-refractivity contribution is 14.1. The Bertz CT molecular complexity index is 826. The molecule has 20 heavy (non-hydrogen) atoms. The molecule has 1 heterocycles. The smallest absolute Gasteiger partial charge is 0.196 e. The summed E-state index contributed by atoms with van der Waals surface area (Å²) in [6.07, 6.45) is 1.48. The van der Waals surface area contributed by atoms with Gasteiger partial charge in [0.15, 0.2) is 5.78 Å². The lowest BCUT2D eigenvalue weighted by Gasteiger charge is -2.03. The van der Waals surface area contributed by atoms with Gasteiger partial charge in [0.25, 0.3) is 0 Å². The van der Waals surface area contributed by atoms with E-state index in [-0.39, 0.29) is 16.7 Å². The quantitative estimate of drug-likeness (QED) is 0.520. The summed E-state index contributed by atoms with van der Waals surface area (Å²) in [7, 11) is 0. The van der Waals surface area contributed by atoms with Gasteiger partial charge in [0.1, 0.15) is 11.6 Å². The average molecular weight is 383 g/mol. The zero-order valence-corrected chi connectivity index (χ0v) is 12.2. The van der Waals surface area contributed by atoms with Crippen molar-refractivity contribution in [3.63, 3.8) is 0 Å². The molecule has 0 bridgehead atoms. The lowest BCUT2D eigenvalue weighted by molar-refractivity contribution is 0.103. The van der Waals surface area contributed by atoms with Crippen molar-refractivity contribution in [1.29, 1.82) is 0 Å². The highest BCUT2D eigenvalue weighted by Crippen LogP contribution is 2.25. The van der Waals surface area contributed by atoms with Crippen LogP contribution in [0.15, 0.2) is 42.6 Å². The fourth-order valence-electron chi connectivity index (χ4n) is 2.14. The van der Waals surface area contributed by atoms with E-state index in [4.69, 9.17) is 0 Å². The second-order valence-electron chi connectivity index (χ2n) is 4.32. The molecule has 5 heteroatoms. The minimum atomic E-state index is -0.454. The highest BCUT2D eigenvalue weighted by atomic mass is 127. The van der Waals surface area contributed by atoms with Gasteiger partial charge in [0.05, 0.1) is 5.56 Å². The molecule has 0 atom stereocenters. The predicted molar refractivity (Wildman–Crippen MR) is 80.8 cm³/mol. The second-order valence-corrected chi connectivity index (χ2v) is 5.48. The van der Waals surface area contributed by atoms with E-state index in [2.05, 4.69) is 4.98 Å². The monoisotopic (exact) mass is 383 g/mol. The molecular formula is C15H8F2INO. The zero-order valence-electron chi connectivity index (χ0n) is 10.1. The van der Waals surface area contributed by atoms with Crippen LogP contribution in [0.1, 0.15) is 15.9 Å². The van der Waals surface area contributed by atoms with Gasteiger partial charge < -0.3 is 4.98 Å². The molecule has 0 spiro atoms. The Morgan fingerprint density at radius 2 is 1.90 bits per heavy atom. The Kier molecular flexibility index (Phi) is 3.29. The number of fused-ring (bicyclic) bond motifs is 1. The van der Waals surface area contributed by atoms with Crippen LogP contribution in [-0.4, -0.2) is 10.8 Å². The van der Waals surface area contributed by atoms with Crippen LogP contribution >= 0.6 is 22.6 Å². The van der Waals surface area contributed by atoms with Gasteiger partial charge >= 0.3 is 0 Å². The molecule has 0 aliphatic rings. The lowest BCUT2D eigenvalue weighted by Crippen LogP contribution is -2.04. The molecule has 0 radical (unpaired) electrons. The van der Waals surface area contributed by atoms with E-state index in [0.717, 1.165) is 0 Å². The van der Waals surface area contributed by atoms with Crippen molar-refractivity contribution in [3.05, 3.63) is 68.9 Å². The van der Waals surface area contributed by atoms with E-state index < -0.39 is 11.6 Å².